The summed E-state index contributed by atoms with van der Waals surface area (Å²) in [7, 11) is 0. The average molecular weight is 233 g/mol. The lowest BCUT2D eigenvalue weighted by molar-refractivity contribution is 0.0993. The van der Waals surface area contributed by atoms with Crippen molar-refractivity contribution in [2.45, 2.75) is 52.6 Å². The Morgan fingerprint density at radius 1 is 1.24 bits per heavy atom. The summed E-state index contributed by atoms with van der Waals surface area (Å²) in [4.78, 5) is 0. The minimum Gasteiger partial charge on any atom is -0.488 e. The molecule has 0 radical (unpaired) electrons. The lowest BCUT2D eigenvalue weighted by atomic mass is 9.76. The van der Waals surface area contributed by atoms with E-state index in [2.05, 4.69) is 20.8 Å². The molecule has 0 saturated heterocycles. The van der Waals surface area contributed by atoms with E-state index < -0.39 is 0 Å². The van der Waals surface area contributed by atoms with Gasteiger partial charge in [-0.25, -0.2) is 0 Å². The van der Waals surface area contributed by atoms with Crippen molar-refractivity contribution in [1.82, 2.24) is 0 Å². The first-order valence-corrected chi connectivity index (χ1v) is 6.49. The largest absolute Gasteiger partial charge is 0.488 e. The van der Waals surface area contributed by atoms with E-state index in [0.717, 1.165) is 24.3 Å². The molecule has 0 heterocycles. The summed E-state index contributed by atoms with van der Waals surface area (Å²) in [6.07, 6.45) is 5.10. The summed E-state index contributed by atoms with van der Waals surface area (Å²) in [6, 6.07) is 5.98. The number of nitrogens with two attached hydrogens (primary N) is 1. The van der Waals surface area contributed by atoms with Crippen LogP contribution in [0.1, 0.15) is 45.1 Å². The van der Waals surface area contributed by atoms with Crippen LogP contribution in [-0.4, -0.2) is 6.10 Å². The maximum atomic E-state index is 6.04. The van der Waals surface area contributed by atoms with Crippen LogP contribution >= 0.6 is 0 Å². The van der Waals surface area contributed by atoms with Gasteiger partial charge in [-0.2, -0.15) is 0 Å². The molecule has 2 N–H and O–H groups in total. The summed E-state index contributed by atoms with van der Waals surface area (Å²) in [5.74, 6) is 0.856. The number of nitrogen functional groups attached to an aromatic ring is 1. The Bertz CT molecular complexity index is 388. The maximum Gasteiger partial charge on any atom is 0.142 e. The van der Waals surface area contributed by atoms with Crippen molar-refractivity contribution < 1.29 is 4.74 Å². The zero-order chi connectivity index (χ0) is 12.5. The molecule has 0 amide bonds. The van der Waals surface area contributed by atoms with Crippen molar-refractivity contribution in [1.29, 1.82) is 0 Å². The van der Waals surface area contributed by atoms with Crippen LogP contribution in [0.5, 0.6) is 5.75 Å². The number of hydrogen-bond donors (Lipinski definition) is 1. The van der Waals surface area contributed by atoms with Crippen LogP contribution in [0.3, 0.4) is 0 Å². The molecule has 0 atom stereocenters. The lowest BCUT2D eigenvalue weighted by Crippen LogP contribution is -2.28. The number of aryl methyl sites for hydroxylation is 1. The van der Waals surface area contributed by atoms with Gasteiger partial charge in [-0.1, -0.05) is 19.9 Å². The zero-order valence-electron chi connectivity index (χ0n) is 11.1. The Balaban J connectivity index is 2.00. The molecule has 1 aliphatic rings. The van der Waals surface area contributed by atoms with E-state index in [0.29, 0.717) is 11.5 Å². The molecule has 1 fully saturated rings. The van der Waals surface area contributed by atoms with Gasteiger partial charge in [0.15, 0.2) is 0 Å². The second kappa shape index (κ2) is 4.59. The van der Waals surface area contributed by atoms with Gasteiger partial charge in [0.05, 0.1) is 11.8 Å². The highest BCUT2D eigenvalue weighted by Gasteiger charge is 2.28. The Labute approximate surface area is 104 Å². The molecule has 2 heteroatoms. The quantitative estimate of drug-likeness (QED) is 0.786. The fourth-order valence-corrected chi connectivity index (χ4v) is 2.41. The first-order chi connectivity index (χ1) is 7.96. The van der Waals surface area contributed by atoms with E-state index in [1.807, 2.05) is 18.2 Å². The third-order valence-corrected chi connectivity index (χ3v) is 3.75. The van der Waals surface area contributed by atoms with Crippen molar-refractivity contribution in [3.63, 3.8) is 0 Å². The molecular weight excluding hydrogens is 210 g/mol. The Morgan fingerprint density at radius 2 is 1.88 bits per heavy atom. The van der Waals surface area contributed by atoms with Gasteiger partial charge in [0, 0.05) is 0 Å². The topological polar surface area (TPSA) is 35.2 Å². The average Bonchev–Trinajstić information content (AvgIpc) is 2.26. The van der Waals surface area contributed by atoms with Crippen molar-refractivity contribution in [3.05, 3.63) is 23.8 Å². The normalized spacial score (nSPS) is 20.2. The predicted octanol–water partition coefficient (Wildman–Crippen LogP) is 3.92. The molecule has 0 unspecified atom stereocenters. The summed E-state index contributed by atoms with van der Waals surface area (Å²) in [6.45, 7) is 6.74. The van der Waals surface area contributed by atoms with Crippen LogP contribution in [0.15, 0.2) is 18.2 Å². The van der Waals surface area contributed by atoms with Crippen LogP contribution in [-0.2, 0) is 0 Å². The van der Waals surface area contributed by atoms with Crippen LogP contribution < -0.4 is 10.5 Å². The van der Waals surface area contributed by atoms with Gasteiger partial charge in [0.25, 0.3) is 0 Å². The Morgan fingerprint density at radius 3 is 2.53 bits per heavy atom. The summed E-state index contributed by atoms with van der Waals surface area (Å²) >= 11 is 0. The molecule has 0 bridgehead atoms. The van der Waals surface area contributed by atoms with Gasteiger partial charge in [0.1, 0.15) is 5.75 Å². The van der Waals surface area contributed by atoms with Gasteiger partial charge in [-0.05, 0) is 55.7 Å². The number of ether oxygens (including phenoxy) is 1. The molecule has 94 valence electrons. The van der Waals surface area contributed by atoms with E-state index in [1.54, 1.807) is 0 Å². The first kappa shape index (κ1) is 12.3. The second-order valence-corrected chi connectivity index (χ2v) is 6.02. The van der Waals surface area contributed by atoms with E-state index in [1.165, 1.54) is 18.4 Å². The molecule has 0 aromatic heterocycles. The molecule has 17 heavy (non-hydrogen) atoms. The molecule has 1 aromatic carbocycles. The Hall–Kier alpha value is -1.18. The van der Waals surface area contributed by atoms with Gasteiger partial charge in [-0.15, -0.1) is 0 Å². The van der Waals surface area contributed by atoms with Crippen LogP contribution in [0.2, 0.25) is 0 Å². The van der Waals surface area contributed by atoms with Crippen molar-refractivity contribution >= 4 is 5.69 Å². The second-order valence-electron chi connectivity index (χ2n) is 6.02. The summed E-state index contributed by atoms with van der Waals surface area (Å²) < 4.78 is 6.04. The molecule has 1 aliphatic carbocycles. The third kappa shape index (κ3) is 3.15. The molecule has 2 nitrogen and oxygen atoms in total. The minimum absolute atomic E-state index is 0.340. The maximum absolute atomic E-state index is 6.04. The SMILES string of the molecule is Cc1ccc(N)c(OC2CCC(C)(C)CC2)c1. The van der Waals surface area contributed by atoms with Crippen LogP contribution in [0.25, 0.3) is 0 Å². The monoisotopic (exact) mass is 233 g/mol. The minimum atomic E-state index is 0.340. The molecular formula is C15H23NO. The molecule has 1 aromatic rings. The first-order valence-electron chi connectivity index (χ1n) is 6.49. The van der Waals surface area contributed by atoms with Crippen LogP contribution in [0, 0.1) is 12.3 Å². The Kier molecular flexibility index (Phi) is 3.32. The highest BCUT2D eigenvalue weighted by Crippen LogP contribution is 2.37. The van der Waals surface area contributed by atoms with Gasteiger partial charge in [-0.3, -0.25) is 0 Å². The molecule has 1 saturated carbocycles. The van der Waals surface area contributed by atoms with Crippen molar-refractivity contribution in [2.75, 3.05) is 5.73 Å². The third-order valence-electron chi connectivity index (χ3n) is 3.75. The zero-order valence-corrected chi connectivity index (χ0v) is 11.1. The van der Waals surface area contributed by atoms with E-state index in [4.69, 9.17) is 10.5 Å². The fourth-order valence-electron chi connectivity index (χ4n) is 2.41. The number of hydrogen-bond acceptors (Lipinski definition) is 2. The van der Waals surface area contributed by atoms with Gasteiger partial charge < -0.3 is 10.5 Å². The van der Waals surface area contributed by atoms with Gasteiger partial charge in [0.2, 0.25) is 0 Å². The molecule has 0 aliphatic heterocycles. The van der Waals surface area contributed by atoms with Crippen molar-refractivity contribution in [3.8, 4) is 5.75 Å². The summed E-state index contributed by atoms with van der Waals surface area (Å²) in [5, 5.41) is 0. The lowest BCUT2D eigenvalue weighted by Gasteiger charge is -2.34. The number of anilines is 1. The number of benzene rings is 1. The highest BCUT2D eigenvalue weighted by atomic mass is 16.5. The fraction of sp³-hybridized carbons (Fsp3) is 0.600. The summed E-state index contributed by atoms with van der Waals surface area (Å²) in [5.41, 5.74) is 8.37. The van der Waals surface area contributed by atoms with E-state index in [-0.39, 0.29) is 0 Å². The molecule has 0 spiro atoms. The highest BCUT2D eigenvalue weighted by molar-refractivity contribution is 5.53. The van der Waals surface area contributed by atoms with Crippen molar-refractivity contribution in [2.24, 2.45) is 5.41 Å². The smallest absolute Gasteiger partial charge is 0.142 e. The van der Waals surface area contributed by atoms with E-state index in [9.17, 15) is 0 Å². The van der Waals surface area contributed by atoms with Crippen LogP contribution in [0.4, 0.5) is 5.69 Å². The predicted molar refractivity (Wildman–Crippen MR) is 72.3 cm³/mol. The standard InChI is InChI=1S/C15H23NO/c1-11-4-5-13(16)14(10-11)17-12-6-8-15(2,3)9-7-12/h4-5,10,12H,6-9,16H2,1-3H3. The van der Waals surface area contributed by atoms with E-state index >= 15 is 0 Å². The molecule has 2 rings (SSSR count). The van der Waals surface area contributed by atoms with Gasteiger partial charge >= 0.3 is 0 Å². The number of rotatable bonds is 2.